The van der Waals surface area contributed by atoms with Gasteiger partial charge in [-0.15, -0.1) is 0 Å². The van der Waals surface area contributed by atoms with Gasteiger partial charge in [0.15, 0.2) is 0 Å². The summed E-state index contributed by atoms with van der Waals surface area (Å²) in [7, 11) is -9.79. The van der Waals surface area contributed by atoms with Gasteiger partial charge in [-0.1, -0.05) is 13.1 Å². The van der Waals surface area contributed by atoms with Crippen LogP contribution in [-0.2, 0) is 16.5 Å². The summed E-state index contributed by atoms with van der Waals surface area (Å²) in [6.45, 7) is 33.2. The van der Waals surface area contributed by atoms with Gasteiger partial charge in [0, 0.05) is 50.0 Å². The van der Waals surface area contributed by atoms with E-state index in [1.54, 1.807) is 0 Å². The van der Waals surface area contributed by atoms with Crippen LogP contribution in [0.5, 0.6) is 0 Å². The SMILES string of the molecule is CC1CNC(C)CNC([Si](C)(C)CCN)CNC(C)CN1.C[Si]1(C)O[Si](C)(C)O[Si](C)(C)O[Si](C)(C)O1.[AlH2]. The van der Waals surface area contributed by atoms with Crippen LogP contribution >= 0.6 is 0 Å². The Morgan fingerprint density at radius 3 is 1.21 bits per heavy atom. The fourth-order valence-corrected chi connectivity index (χ4v) is 28.8. The van der Waals surface area contributed by atoms with E-state index in [-0.39, 0.29) is 17.4 Å². The molecule has 15 heteroatoms. The van der Waals surface area contributed by atoms with E-state index in [0.717, 1.165) is 32.7 Å². The molecule has 4 atom stereocenters. The minimum atomic E-state index is -2.11. The first-order valence-electron chi connectivity index (χ1n) is 14.1. The molecule has 0 spiro atoms. The Balaban J connectivity index is 0.000000726. The average molecular weight is 641 g/mol. The van der Waals surface area contributed by atoms with E-state index in [1.165, 1.54) is 6.04 Å². The number of hydrogen-bond donors (Lipinski definition) is 5. The molecule has 9 nitrogen and oxygen atoms in total. The molecule has 227 valence electrons. The third-order valence-corrected chi connectivity index (χ3v) is 26.2. The zero-order chi connectivity index (χ0) is 28.7. The van der Waals surface area contributed by atoms with Crippen LogP contribution in [0.3, 0.4) is 0 Å². The molecule has 2 rings (SSSR count). The molecule has 2 fully saturated rings. The maximum atomic E-state index is 6.16. The quantitative estimate of drug-likeness (QED) is 0.296. The highest BCUT2D eigenvalue weighted by atomic mass is 28.5. The van der Waals surface area contributed by atoms with Crippen molar-refractivity contribution in [3.63, 3.8) is 0 Å². The fourth-order valence-electron chi connectivity index (χ4n) is 5.23. The minimum absolute atomic E-state index is 0. The van der Waals surface area contributed by atoms with Gasteiger partial charge < -0.3 is 43.5 Å². The average Bonchev–Trinajstić information content (AvgIpc) is 2.65. The molecule has 0 amide bonds. The second-order valence-electron chi connectivity index (χ2n) is 13.4. The first kappa shape index (κ1) is 39.3. The van der Waals surface area contributed by atoms with Crippen molar-refractivity contribution in [1.82, 2.24) is 21.3 Å². The van der Waals surface area contributed by atoms with Crippen LogP contribution in [0.1, 0.15) is 20.8 Å². The molecule has 0 saturated carbocycles. The molecular weight excluding hydrogens is 578 g/mol. The maximum Gasteiger partial charge on any atom is 0.314 e. The molecule has 0 bridgehead atoms. The summed E-state index contributed by atoms with van der Waals surface area (Å²) < 4.78 is 24.6. The molecule has 0 aromatic heterocycles. The van der Waals surface area contributed by atoms with E-state index in [4.69, 9.17) is 22.2 Å². The van der Waals surface area contributed by atoms with Crippen molar-refractivity contribution < 1.29 is 16.5 Å². The highest BCUT2D eigenvalue weighted by molar-refractivity contribution is 6.92. The van der Waals surface area contributed by atoms with E-state index in [2.05, 4.69) is 108 Å². The molecule has 0 aromatic rings. The highest BCUT2D eigenvalue weighted by Gasteiger charge is 2.50. The Morgan fingerprint density at radius 1 is 0.605 bits per heavy atom. The van der Waals surface area contributed by atoms with Crippen LogP contribution in [0.2, 0.25) is 71.5 Å². The molecule has 2 heterocycles. The largest absolute Gasteiger partial charge is 0.416 e. The van der Waals surface area contributed by atoms with E-state index >= 15 is 0 Å². The third kappa shape index (κ3) is 16.0. The molecule has 2 aliphatic heterocycles. The van der Waals surface area contributed by atoms with Gasteiger partial charge in [0.1, 0.15) is 17.4 Å². The Hall–Kier alpha value is 1.26. The smallest absolute Gasteiger partial charge is 0.314 e. The van der Waals surface area contributed by atoms with Crippen molar-refractivity contribution in [3.05, 3.63) is 0 Å². The second-order valence-corrected chi connectivity index (χ2v) is 33.1. The van der Waals surface area contributed by atoms with Gasteiger partial charge in [0.25, 0.3) is 0 Å². The Labute approximate surface area is 251 Å². The highest BCUT2D eigenvalue weighted by Crippen LogP contribution is 2.30. The number of nitrogens with two attached hydrogens (primary N) is 1. The zero-order valence-corrected chi connectivity index (χ0v) is 34.3. The van der Waals surface area contributed by atoms with Crippen LogP contribution < -0.4 is 27.0 Å². The molecule has 6 N–H and O–H groups in total. The first-order chi connectivity index (χ1) is 16.7. The molecule has 4 unspecified atom stereocenters. The van der Waals surface area contributed by atoms with Gasteiger partial charge in [-0.3, -0.25) is 0 Å². The lowest BCUT2D eigenvalue weighted by atomic mass is 10.2. The van der Waals surface area contributed by atoms with E-state index < -0.39 is 42.3 Å². The van der Waals surface area contributed by atoms with E-state index in [0.29, 0.717) is 23.8 Å². The van der Waals surface area contributed by atoms with Gasteiger partial charge in [0.2, 0.25) is 0 Å². The van der Waals surface area contributed by atoms with Crippen molar-refractivity contribution in [1.29, 1.82) is 0 Å². The van der Waals surface area contributed by atoms with Crippen LogP contribution in [0.15, 0.2) is 0 Å². The normalized spacial score (nSPS) is 32.1. The van der Waals surface area contributed by atoms with Gasteiger partial charge >= 0.3 is 34.2 Å². The summed E-state index contributed by atoms with van der Waals surface area (Å²) >= 11 is 0. The second kappa shape index (κ2) is 16.2. The summed E-state index contributed by atoms with van der Waals surface area (Å²) in [6.07, 6.45) is 0. The molecule has 1 radical (unpaired) electrons. The van der Waals surface area contributed by atoms with E-state index in [9.17, 15) is 0 Å². The summed E-state index contributed by atoms with van der Waals surface area (Å²) in [5.74, 6) is 0. The summed E-state index contributed by atoms with van der Waals surface area (Å²) in [5.41, 5.74) is 6.40. The third-order valence-electron chi connectivity index (χ3n) is 6.58. The van der Waals surface area contributed by atoms with Crippen LogP contribution in [-0.4, -0.2) is 116 Å². The Morgan fingerprint density at radius 2 is 0.895 bits per heavy atom. The Bertz CT molecular complexity index is 605. The maximum absolute atomic E-state index is 6.16. The lowest BCUT2D eigenvalue weighted by molar-refractivity contribution is 0.238. The number of hydrogen-bond acceptors (Lipinski definition) is 9. The number of nitrogens with one attached hydrogen (secondary N) is 4. The molecule has 0 aromatic carbocycles. The predicted molar refractivity (Wildman–Crippen MR) is 178 cm³/mol. The topological polar surface area (TPSA) is 111 Å². The lowest BCUT2D eigenvalue weighted by Gasteiger charge is -2.46. The predicted octanol–water partition coefficient (Wildman–Crippen LogP) is 2.06. The first-order valence-corrected chi connectivity index (χ1v) is 28.7. The van der Waals surface area contributed by atoms with Gasteiger partial charge in [0.05, 0.1) is 8.07 Å². The monoisotopic (exact) mass is 640 g/mol. The lowest BCUT2D eigenvalue weighted by Crippen LogP contribution is -2.64. The summed E-state index contributed by atoms with van der Waals surface area (Å²) in [6, 6.07) is 2.68. The van der Waals surface area contributed by atoms with E-state index in [1.807, 2.05) is 0 Å². The van der Waals surface area contributed by atoms with Gasteiger partial charge in [-0.2, -0.15) is 0 Å². The molecule has 2 aliphatic rings. The zero-order valence-electron chi connectivity index (χ0n) is 27.3. The molecule has 38 heavy (non-hydrogen) atoms. The standard InChI is InChI=1S/C15H37N5Si.C8H24O4Si4.Al.2H/c1-12-8-18-14(3)10-20-15(21(4,5)7-6-16)11-19-13(2)9-17-12;1-13(2)9-14(3,4)11-16(7,8)12-15(5,6)10-13;;;/h12-15,17-20H,6-11,16H2,1-5H3;1-8H3;;;. The van der Waals surface area contributed by atoms with Crippen LogP contribution in [0.4, 0.5) is 0 Å². The Kier molecular flexibility index (Phi) is 16.7. The summed E-state index contributed by atoms with van der Waals surface area (Å²) in [4.78, 5) is 0. The van der Waals surface area contributed by atoms with Gasteiger partial charge in [-0.05, 0) is 85.7 Å². The van der Waals surface area contributed by atoms with Crippen molar-refractivity contribution in [2.45, 2.75) is 116 Å². The molecule has 2 saturated heterocycles. The van der Waals surface area contributed by atoms with Crippen molar-refractivity contribution in [3.8, 4) is 0 Å². The van der Waals surface area contributed by atoms with Crippen molar-refractivity contribution >= 4 is 59.7 Å². The minimum Gasteiger partial charge on any atom is -0.416 e. The van der Waals surface area contributed by atoms with Crippen molar-refractivity contribution in [2.75, 3.05) is 32.7 Å². The fraction of sp³-hybridized carbons (Fsp3) is 1.00. The van der Waals surface area contributed by atoms with Gasteiger partial charge in [-0.25, -0.2) is 0 Å². The molecule has 0 aliphatic carbocycles. The summed E-state index contributed by atoms with van der Waals surface area (Å²) in [5, 5.41) is 14.7. The van der Waals surface area contributed by atoms with Crippen LogP contribution in [0.25, 0.3) is 0 Å². The number of rotatable bonds is 3. The van der Waals surface area contributed by atoms with Crippen molar-refractivity contribution in [2.24, 2.45) is 5.73 Å². The van der Waals surface area contributed by atoms with Crippen LogP contribution in [0, 0.1) is 0 Å². The molecular formula is C23H63AlN5O4Si5.